The Balaban J connectivity index is 2.20. The van der Waals surface area contributed by atoms with E-state index in [1.807, 2.05) is 0 Å². The van der Waals surface area contributed by atoms with Crippen molar-refractivity contribution in [3.05, 3.63) is 51.8 Å². The van der Waals surface area contributed by atoms with E-state index in [-0.39, 0.29) is 5.69 Å². The molecule has 0 saturated carbocycles. The molecule has 0 atom stereocenters. The molecule has 18 heavy (non-hydrogen) atoms. The summed E-state index contributed by atoms with van der Waals surface area (Å²) in [4.78, 5) is 10.5. The smallest absolute Gasteiger partial charge is 0.274 e. The first-order valence-electron chi connectivity index (χ1n) is 5.52. The predicted octanol–water partition coefficient (Wildman–Crippen LogP) is 0.736. The molecule has 0 bridgehead atoms. The number of nitro groups is 1. The third-order valence-corrected chi connectivity index (χ3v) is 2.51. The van der Waals surface area contributed by atoms with Gasteiger partial charge in [-0.3, -0.25) is 10.1 Å². The molecule has 0 saturated heterocycles. The fourth-order valence-electron chi connectivity index (χ4n) is 1.68. The maximum atomic E-state index is 10.9. The number of nitro benzene ring substituents is 1. The molecule has 7 nitrogen and oxygen atoms in total. The Bertz CT molecular complexity index is 552. The van der Waals surface area contributed by atoms with Crippen LogP contribution >= 0.6 is 0 Å². The van der Waals surface area contributed by atoms with Crippen LogP contribution in [-0.2, 0) is 13.0 Å². The zero-order valence-corrected chi connectivity index (χ0v) is 9.69. The van der Waals surface area contributed by atoms with E-state index < -0.39 is 4.92 Å². The van der Waals surface area contributed by atoms with Crippen molar-refractivity contribution < 1.29 is 4.92 Å². The van der Waals surface area contributed by atoms with E-state index in [0.717, 1.165) is 5.69 Å². The number of para-hydroxylation sites is 1. The zero-order chi connectivity index (χ0) is 13.0. The number of hydrogen-bond acceptors (Lipinski definition) is 5. The van der Waals surface area contributed by atoms with Crippen molar-refractivity contribution in [1.82, 2.24) is 15.0 Å². The minimum atomic E-state index is -0.396. The zero-order valence-electron chi connectivity index (χ0n) is 9.69. The van der Waals surface area contributed by atoms with Crippen molar-refractivity contribution in [2.45, 2.75) is 13.0 Å². The Morgan fingerprint density at radius 1 is 1.39 bits per heavy atom. The molecule has 0 radical (unpaired) electrons. The summed E-state index contributed by atoms with van der Waals surface area (Å²) in [7, 11) is 0. The second kappa shape index (κ2) is 5.37. The molecule has 1 aromatic heterocycles. The summed E-state index contributed by atoms with van der Waals surface area (Å²) < 4.78 is 1.58. The van der Waals surface area contributed by atoms with Crippen molar-refractivity contribution in [2.24, 2.45) is 5.73 Å². The number of nitrogens with zero attached hydrogens (tertiary/aromatic N) is 4. The van der Waals surface area contributed by atoms with Crippen LogP contribution in [0.2, 0.25) is 0 Å². The average molecular weight is 247 g/mol. The highest BCUT2D eigenvalue weighted by molar-refractivity contribution is 5.39. The van der Waals surface area contributed by atoms with Gasteiger partial charge in [0.2, 0.25) is 0 Å². The van der Waals surface area contributed by atoms with Crippen LogP contribution in [0.3, 0.4) is 0 Å². The van der Waals surface area contributed by atoms with Gasteiger partial charge in [-0.25, -0.2) is 4.68 Å². The summed E-state index contributed by atoms with van der Waals surface area (Å²) >= 11 is 0. The SMILES string of the molecule is NCCc1cn(Cc2ccccc2[N+](=O)[O-])nn1. The predicted molar refractivity (Wildman–Crippen MR) is 65.0 cm³/mol. The van der Waals surface area contributed by atoms with Crippen LogP contribution in [0.4, 0.5) is 5.69 Å². The van der Waals surface area contributed by atoms with Gasteiger partial charge in [-0.1, -0.05) is 23.4 Å². The largest absolute Gasteiger partial charge is 0.330 e. The highest BCUT2D eigenvalue weighted by Crippen LogP contribution is 2.18. The molecular formula is C11H13N5O2. The highest BCUT2D eigenvalue weighted by atomic mass is 16.6. The Morgan fingerprint density at radius 3 is 2.89 bits per heavy atom. The lowest BCUT2D eigenvalue weighted by Gasteiger charge is -2.01. The molecule has 0 unspecified atom stereocenters. The first-order valence-corrected chi connectivity index (χ1v) is 5.52. The monoisotopic (exact) mass is 247 g/mol. The molecular weight excluding hydrogens is 234 g/mol. The minimum Gasteiger partial charge on any atom is -0.330 e. The molecule has 94 valence electrons. The summed E-state index contributed by atoms with van der Waals surface area (Å²) in [6.07, 6.45) is 2.40. The molecule has 0 spiro atoms. The lowest BCUT2D eigenvalue weighted by molar-refractivity contribution is -0.385. The van der Waals surface area contributed by atoms with Crippen molar-refractivity contribution in [1.29, 1.82) is 0 Å². The second-order valence-electron chi connectivity index (χ2n) is 3.83. The van der Waals surface area contributed by atoms with Crippen LogP contribution in [-0.4, -0.2) is 26.5 Å². The molecule has 7 heteroatoms. The molecule has 2 N–H and O–H groups in total. The second-order valence-corrected chi connectivity index (χ2v) is 3.83. The fourth-order valence-corrected chi connectivity index (χ4v) is 1.68. The van der Waals surface area contributed by atoms with Crippen LogP contribution in [0.5, 0.6) is 0 Å². The summed E-state index contributed by atoms with van der Waals surface area (Å²) in [6, 6.07) is 6.60. The fraction of sp³-hybridized carbons (Fsp3) is 0.273. The van der Waals surface area contributed by atoms with Gasteiger partial charge in [-0.05, 0) is 6.54 Å². The topological polar surface area (TPSA) is 99.9 Å². The molecule has 2 rings (SSSR count). The van der Waals surface area contributed by atoms with E-state index in [2.05, 4.69) is 10.3 Å². The Morgan fingerprint density at radius 2 is 2.17 bits per heavy atom. The lowest BCUT2D eigenvalue weighted by Crippen LogP contribution is -2.04. The van der Waals surface area contributed by atoms with E-state index in [0.29, 0.717) is 25.1 Å². The minimum absolute atomic E-state index is 0.0911. The Hall–Kier alpha value is -2.28. The van der Waals surface area contributed by atoms with Gasteiger partial charge in [-0.15, -0.1) is 5.10 Å². The first kappa shape index (κ1) is 12.2. The van der Waals surface area contributed by atoms with Crippen molar-refractivity contribution >= 4 is 5.69 Å². The van der Waals surface area contributed by atoms with E-state index in [9.17, 15) is 10.1 Å². The highest BCUT2D eigenvalue weighted by Gasteiger charge is 2.13. The maximum absolute atomic E-state index is 10.9. The van der Waals surface area contributed by atoms with Gasteiger partial charge in [0.15, 0.2) is 0 Å². The molecule has 2 aromatic rings. The van der Waals surface area contributed by atoms with E-state index >= 15 is 0 Å². The molecule has 0 amide bonds. The standard InChI is InChI=1S/C11H13N5O2/c12-6-5-10-8-15(14-13-10)7-9-3-1-2-4-11(9)16(17)18/h1-4,8H,5-7,12H2. The van der Waals surface area contributed by atoms with E-state index in [1.165, 1.54) is 6.07 Å². The third-order valence-electron chi connectivity index (χ3n) is 2.51. The number of benzene rings is 1. The van der Waals surface area contributed by atoms with Crippen molar-refractivity contribution in [2.75, 3.05) is 6.54 Å². The summed E-state index contributed by atoms with van der Waals surface area (Å²) in [6.45, 7) is 0.832. The number of aromatic nitrogens is 3. The average Bonchev–Trinajstić information content (AvgIpc) is 2.77. The van der Waals surface area contributed by atoms with Crippen LogP contribution < -0.4 is 5.73 Å². The molecule has 0 aliphatic rings. The van der Waals surface area contributed by atoms with Crippen LogP contribution in [0.25, 0.3) is 0 Å². The quantitative estimate of drug-likeness (QED) is 0.620. The van der Waals surface area contributed by atoms with Gasteiger partial charge in [-0.2, -0.15) is 0 Å². The first-order chi connectivity index (χ1) is 8.70. The summed E-state index contributed by atoms with van der Waals surface area (Å²) in [5.74, 6) is 0. The lowest BCUT2D eigenvalue weighted by atomic mass is 10.2. The number of nitrogens with two attached hydrogens (primary N) is 1. The van der Waals surface area contributed by atoms with Gasteiger partial charge in [0.1, 0.15) is 0 Å². The van der Waals surface area contributed by atoms with E-state index in [4.69, 9.17) is 5.73 Å². The summed E-state index contributed by atoms with van der Waals surface area (Å²) in [5, 5.41) is 18.7. The summed E-state index contributed by atoms with van der Waals surface area (Å²) in [5.41, 5.74) is 6.90. The van der Waals surface area contributed by atoms with Gasteiger partial charge >= 0.3 is 0 Å². The molecule has 0 aliphatic carbocycles. The number of hydrogen-bond donors (Lipinski definition) is 1. The van der Waals surface area contributed by atoms with Crippen molar-refractivity contribution in [3.8, 4) is 0 Å². The van der Waals surface area contributed by atoms with Gasteiger partial charge < -0.3 is 5.73 Å². The Labute approximate surface area is 103 Å². The maximum Gasteiger partial charge on any atom is 0.274 e. The third kappa shape index (κ3) is 2.69. The van der Waals surface area contributed by atoms with Crippen LogP contribution in [0.15, 0.2) is 30.5 Å². The normalized spacial score (nSPS) is 10.5. The van der Waals surface area contributed by atoms with Gasteiger partial charge in [0, 0.05) is 18.7 Å². The van der Waals surface area contributed by atoms with Crippen LogP contribution in [0, 0.1) is 10.1 Å². The Kier molecular flexibility index (Phi) is 3.63. The molecule has 1 heterocycles. The van der Waals surface area contributed by atoms with Crippen LogP contribution in [0.1, 0.15) is 11.3 Å². The molecule has 1 aromatic carbocycles. The van der Waals surface area contributed by atoms with Crippen molar-refractivity contribution in [3.63, 3.8) is 0 Å². The van der Waals surface area contributed by atoms with E-state index in [1.54, 1.807) is 29.1 Å². The van der Waals surface area contributed by atoms with Gasteiger partial charge in [0.25, 0.3) is 5.69 Å². The van der Waals surface area contributed by atoms with Gasteiger partial charge in [0.05, 0.1) is 22.7 Å². The molecule has 0 fully saturated rings. The molecule has 0 aliphatic heterocycles. The number of rotatable bonds is 5.